The van der Waals surface area contributed by atoms with E-state index in [0.29, 0.717) is 4.31 Å². The number of rotatable bonds is 7. The van der Waals surface area contributed by atoms with Crippen molar-refractivity contribution in [3.05, 3.63) is 54.1 Å². The summed E-state index contributed by atoms with van der Waals surface area (Å²) in [5.74, 6) is -0.819. The van der Waals surface area contributed by atoms with Crippen LogP contribution in [0.2, 0.25) is 0 Å². The second kappa shape index (κ2) is 8.13. The fourth-order valence-electron chi connectivity index (χ4n) is 3.08. The van der Waals surface area contributed by atoms with Crippen LogP contribution in [0.4, 0.5) is 5.69 Å². The van der Waals surface area contributed by atoms with Crippen molar-refractivity contribution in [3.63, 3.8) is 0 Å². The number of nitrogens with zero attached hydrogens (tertiary/aromatic N) is 1. The second-order valence-electron chi connectivity index (χ2n) is 6.54. The zero-order valence-electron chi connectivity index (χ0n) is 16.0. The molecule has 1 N–H and O–H groups in total. The maximum atomic E-state index is 13.1. The van der Waals surface area contributed by atoms with E-state index in [1.54, 1.807) is 38.1 Å². The molecule has 0 radical (unpaired) electrons. The number of ether oxygens (including phenoxy) is 1. The van der Waals surface area contributed by atoms with Crippen LogP contribution >= 0.6 is 0 Å². The number of anilines is 1. The lowest BCUT2D eigenvalue weighted by Crippen LogP contribution is -2.30. The first-order valence-electron chi connectivity index (χ1n) is 9.05. The normalized spacial score (nSPS) is 17.3. The van der Waals surface area contributed by atoms with E-state index in [4.69, 9.17) is 4.74 Å². The van der Waals surface area contributed by atoms with Gasteiger partial charge in [-0.1, -0.05) is 30.3 Å². The molecule has 0 saturated carbocycles. The Morgan fingerprint density at radius 3 is 2.45 bits per heavy atom. The van der Waals surface area contributed by atoms with Crippen molar-refractivity contribution in [1.82, 2.24) is 4.72 Å². The van der Waals surface area contributed by atoms with Crippen molar-refractivity contribution in [1.29, 1.82) is 0 Å². The average molecular weight is 439 g/mol. The van der Waals surface area contributed by atoms with Crippen LogP contribution in [0.1, 0.15) is 31.9 Å². The molecule has 8 nitrogen and oxygen atoms in total. The van der Waals surface area contributed by atoms with Crippen molar-refractivity contribution in [2.24, 2.45) is 0 Å². The molecule has 3 rings (SSSR count). The Bertz CT molecular complexity index is 1110. The molecule has 1 aliphatic rings. The first kappa shape index (κ1) is 21.3. The van der Waals surface area contributed by atoms with Gasteiger partial charge in [-0.25, -0.2) is 25.9 Å². The van der Waals surface area contributed by atoms with Crippen LogP contribution in [0.15, 0.2) is 53.4 Å². The fourth-order valence-corrected chi connectivity index (χ4v) is 5.93. The number of amides is 1. The van der Waals surface area contributed by atoms with E-state index in [2.05, 4.69) is 4.72 Å². The standard InChI is InChI=1S/C19H22N2O6S2/c1-3-27-17-10-9-16(21-19(22)11-12-28(21,23)24)13-18(17)29(25,26)20-14(2)15-7-5-4-6-8-15/h4-10,13-14,20H,3,11-12H2,1-2H3. The number of benzene rings is 2. The van der Waals surface area contributed by atoms with E-state index in [0.717, 1.165) is 11.6 Å². The molecular weight excluding hydrogens is 416 g/mol. The summed E-state index contributed by atoms with van der Waals surface area (Å²) in [7, 11) is -7.89. The minimum atomic E-state index is -4.08. The maximum absolute atomic E-state index is 13.1. The molecule has 0 spiro atoms. The summed E-state index contributed by atoms with van der Waals surface area (Å²) in [6.07, 6.45) is -0.138. The lowest BCUT2D eigenvalue weighted by molar-refractivity contribution is -0.116. The van der Waals surface area contributed by atoms with Crippen molar-refractivity contribution in [2.75, 3.05) is 16.7 Å². The van der Waals surface area contributed by atoms with E-state index < -0.39 is 32.0 Å². The summed E-state index contributed by atoms with van der Waals surface area (Å²) >= 11 is 0. The van der Waals surface area contributed by atoms with Crippen LogP contribution in [0.3, 0.4) is 0 Å². The van der Waals surface area contributed by atoms with Crippen LogP contribution < -0.4 is 13.8 Å². The first-order chi connectivity index (χ1) is 13.7. The molecule has 0 bridgehead atoms. The molecule has 29 heavy (non-hydrogen) atoms. The minimum absolute atomic E-state index is 0.0244. The summed E-state index contributed by atoms with van der Waals surface area (Å²) in [5.41, 5.74) is 0.742. The Balaban J connectivity index is 2.03. The molecule has 1 fully saturated rings. The highest BCUT2D eigenvalue weighted by Gasteiger charge is 2.37. The molecule has 10 heteroatoms. The predicted octanol–water partition coefficient (Wildman–Crippen LogP) is 2.19. The van der Waals surface area contributed by atoms with Gasteiger partial charge in [0, 0.05) is 12.5 Å². The van der Waals surface area contributed by atoms with Gasteiger partial charge < -0.3 is 4.74 Å². The van der Waals surface area contributed by atoms with Gasteiger partial charge in [0.05, 0.1) is 18.0 Å². The van der Waals surface area contributed by atoms with Crippen LogP contribution in [-0.4, -0.2) is 35.1 Å². The van der Waals surface area contributed by atoms with E-state index in [-0.39, 0.29) is 35.1 Å². The number of sulfonamides is 2. The molecule has 2 aromatic rings. The van der Waals surface area contributed by atoms with Gasteiger partial charge in [0.1, 0.15) is 10.6 Å². The highest BCUT2D eigenvalue weighted by molar-refractivity contribution is 7.94. The van der Waals surface area contributed by atoms with Gasteiger partial charge in [0.15, 0.2) is 0 Å². The Kier molecular flexibility index (Phi) is 5.97. The SMILES string of the molecule is CCOc1ccc(N2C(=O)CCS2(=O)=O)cc1S(=O)(=O)NC(C)c1ccccc1. The van der Waals surface area contributed by atoms with Crippen LogP contribution in [0, 0.1) is 0 Å². The topological polar surface area (TPSA) is 110 Å². The molecule has 1 atom stereocenters. The third kappa shape index (κ3) is 4.44. The highest BCUT2D eigenvalue weighted by atomic mass is 32.2. The molecule has 1 saturated heterocycles. The van der Waals surface area contributed by atoms with Crippen molar-refractivity contribution in [2.45, 2.75) is 31.2 Å². The van der Waals surface area contributed by atoms with Gasteiger partial charge in [0.2, 0.25) is 26.0 Å². The van der Waals surface area contributed by atoms with Crippen LogP contribution in [-0.2, 0) is 24.8 Å². The minimum Gasteiger partial charge on any atom is -0.492 e. The van der Waals surface area contributed by atoms with E-state index in [1.807, 2.05) is 6.07 Å². The summed E-state index contributed by atoms with van der Waals surface area (Å²) in [6, 6.07) is 12.4. The Morgan fingerprint density at radius 1 is 1.17 bits per heavy atom. The van der Waals surface area contributed by atoms with E-state index >= 15 is 0 Å². The molecule has 1 aliphatic heterocycles. The first-order valence-corrected chi connectivity index (χ1v) is 12.1. The van der Waals surface area contributed by atoms with Crippen molar-refractivity contribution >= 4 is 31.6 Å². The molecule has 0 aliphatic carbocycles. The summed E-state index contributed by atoms with van der Waals surface area (Å²) < 4.78 is 59.3. The summed E-state index contributed by atoms with van der Waals surface area (Å²) in [4.78, 5) is 11.8. The quantitative estimate of drug-likeness (QED) is 0.710. The zero-order valence-corrected chi connectivity index (χ0v) is 17.7. The molecule has 2 aromatic carbocycles. The van der Waals surface area contributed by atoms with Gasteiger partial charge in [-0.2, -0.15) is 0 Å². The summed E-state index contributed by atoms with van der Waals surface area (Å²) in [5, 5.41) is 0. The monoisotopic (exact) mass is 438 g/mol. The van der Waals surface area contributed by atoms with Crippen LogP contribution in [0.5, 0.6) is 5.75 Å². The molecule has 1 amide bonds. The smallest absolute Gasteiger partial charge is 0.244 e. The molecule has 1 heterocycles. The number of carbonyl (C=O) groups excluding carboxylic acids is 1. The van der Waals surface area contributed by atoms with E-state index in [1.165, 1.54) is 12.1 Å². The summed E-state index contributed by atoms with van der Waals surface area (Å²) in [6.45, 7) is 3.63. The Labute approximate surface area is 170 Å². The molecule has 1 unspecified atom stereocenters. The fraction of sp³-hybridized carbons (Fsp3) is 0.316. The lowest BCUT2D eigenvalue weighted by atomic mass is 10.1. The number of nitrogens with one attached hydrogen (secondary N) is 1. The van der Waals surface area contributed by atoms with Gasteiger partial charge in [0.25, 0.3) is 0 Å². The largest absolute Gasteiger partial charge is 0.492 e. The second-order valence-corrected chi connectivity index (χ2v) is 10.2. The number of hydrogen-bond acceptors (Lipinski definition) is 6. The van der Waals surface area contributed by atoms with E-state index in [9.17, 15) is 21.6 Å². The Hall–Kier alpha value is -2.43. The molecular formula is C19H22N2O6S2. The van der Waals surface area contributed by atoms with Crippen LogP contribution in [0.25, 0.3) is 0 Å². The highest BCUT2D eigenvalue weighted by Crippen LogP contribution is 2.33. The zero-order chi connectivity index (χ0) is 21.2. The number of hydrogen-bond donors (Lipinski definition) is 1. The van der Waals surface area contributed by atoms with Crippen molar-refractivity contribution in [3.8, 4) is 5.75 Å². The third-order valence-corrected chi connectivity index (χ3v) is 7.71. The van der Waals surface area contributed by atoms with Gasteiger partial charge in [-0.05, 0) is 37.6 Å². The molecule has 156 valence electrons. The number of carbonyl (C=O) groups is 1. The lowest BCUT2D eigenvalue weighted by Gasteiger charge is -2.20. The molecule has 0 aromatic heterocycles. The predicted molar refractivity (Wildman–Crippen MR) is 109 cm³/mol. The average Bonchev–Trinajstić information content (AvgIpc) is 2.95. The van der Waals surface area contributed by atoms with Gasteiger partial charge in [-0.3, -0.25) is 4.79 Å². The van der Waals surface area contributed by atoms with Crippen molar-refractivity contribution < 1.29 is 26.4 Å². The van der Waals surface area contributed by atoms with Gasteiger partial charge in [-0.15, -0.1) is 0 Å². The maximum Gasteiger partial charge on any atom is 0.244 e. The third-order valence-electron chi connectivity index (χ3n) is 4.46. The van der Waals surface area contributed by atoms with Gasteiger partial charge >= 0.3 is 0 Å². The Morgan fingerprint density at radius 2 is 1.86 bits per heavy atom.